The van der Waals surface area contributed by atoms with Gasteiger partial charge in [-0.15, -0.1) is 0 Å². The van der Waals surface area contributed by atoms with Gasteiger partial charge < -0.3 is 15.1 Å². The predicted molar refractivity (Wildman–Crippen MR) is 139 cm³/mol. The topological polar surface area (TPSA) is 98.8 Å². The third kappa shape index (κ3) is 6.57. The van der Waals surface area contributed by atoms with Gasteiger partial charge >= 0.3 is 0 Å². The summed E-state index contributed by atoms with van der Waals surface area (Å²) in [6, 6.07) is 22.8. The van der Waals surface area contributed by atoms with Crippen molar-refractivity contribution >= 4 is 27.5 Å². The van der Waals surface area contributed by atoms with Crippen molar-refractivity contribution in [1.82, 2.24) is 14.5 Å². The van der Waals surface area contributed by atoms with E-state index in [0.29, 0.717) is 24.3 Å². The molecule has 2 N–H and O–H groups in total. The molecule has 1 fully saturated rings. The Hall–Kier alpha value is -3.53. The van der Waals surface area contributed by atoms with E-state index in [1.807, 2.05) is 42.3 Å². The molecular weight excluding hydrogens is 476 g/mol. The first kappa shape index (κ1) is 25.6. The number of hydrogen-bond donors (Lipinski definition) is 2. The molecule has 3 aromatic carbocycles. The summed E-state index contributed by atoms with van der Waals surface area (Å²) >= 11 is 0. The first-order valence-electron chi connectivity index (χ1n) is 11.8. The summed E-state index contributed by atoms with van der Waals surface area (Å²) < 4.78 is 28.4. The van der Waals surface area contributed by atoms with E-state index >= 15 is 0 Å². The van der Waals surface area contributed by atoms with Crippen LogP contribution in [0, 0.1) is 0 Å². The van der Waals surface area contributed by atoms with Crippen molar-refractivity contribution in [2.75, 3.05) is 38.5 Å². The largest absolute Gasteiger partial charge is 0.336 e. The maximum Gasteiger partial charge on any atom is 0.253 e. The molecule has 0 aliphatic carbocycles. The van der Waals surface area contributed by atoms with Gasteiger partial charge in [-0.3, -0.25) is 9.59 Å². The van der Waals surface area contributed by atoms with E-state index in [2.05, 4.69) is 14.9 Å². The normalized spacial score (nSPS) is 15.3. The lowest BCUT2D eigenvalue weighted by Crippen LogP contribution is -2.47. The summed E-state index contributed by atoms with van der Waals surface area (Å²) in [6.07, 6.45) is 0.179. The molecule has 0 spiro atoms. The number of carbonyl (C=O) groups excluding carboxylic acids is 2. The lowest BCUT2D eigenvalue weighted by molar-refractivity contribution is -0.117. The fourth-order valence-corrected chi connectivity index (χ4v) is 5.23. The monoisotopic (exact) mass is 506 g/mol. The van der Waals surface area contributed by atoms with E-state index < -0.39 is 22.0 Å². The van der Waals surface area contributed by atoms with Crippen LogP contribution < -0.4 is 10.0 Å². The number of hydrogen-bond acceptors (Lipinski definition) is 5. The second kappa shape index (κ2) is 11.5. The van der Waals surface area contributed by atoms with Crippen molar-refractivity contribution < 1.29 is 18.0 Å². The highest BCUT2D eigenvalue weighted by Gasteiger charge is 2.26. The van der Waals surface area contributed by atoms with Crippen LogP contribution in [0.3, 0.4) is 0 Å². The predicted octanol–water partition coefficient (Wildman–Crippen LogP) is 2.60. The van der Waals surface area contributed by atoms with Gasteiger partial charge in [0.1, 0.15) is 6.04 Å². The van der Waals surface area contributed by atoms with Crippen LogP contribution in [0.15, 0.2) is 89.8 Å². The molecule has 0 bridgehead atoms. The summed E-state index contributed by atoms with van der Waals surface area (Å²) in [6.45, 7) is 3.02. The van der Waals surface area contributed by atoms with Crippen LogP contribution in [0.1, 0.15) is 15.9 Å². The molecule has 1 aliphatic heterocycles. The average Bonchev–Trinajstić information content (AvgIpc) is 2.90. The van der Waals surface area contributed by atoms with Crippen molar-refractivity contribution in [3.8, 4) is 0 Å². The lowest BCUT2D eigenvalue weighted by Gasteiger charge is -2.32. The zero-order chi connectivity index (χ0) is 25.5. The van der Waals surface area contributed by atoms with E-state index in [1.54, 1.807) is 42.5 Å². The summed E-state index contributed by atoms with van der Waals surface area (Å²) in [7, 11) is -1.88. The van der Waals surface area contributed by atoms with Crippen LogP contribution in [0.4, 0.5) is 5.69 Å². The van der Waals surface area contributed by atoms with Crippen LogP contribution in [-0.2, 0) is 21.2 Å². The van der Waals surface area contributed by atoms with Crippen molar-refractivity contribution in [2.24, 2.45) is 0 Å². The van der Waals surface area contributed by atoms with E-state index in [0.717, 1.165) is 18.7 Å². The zero-order valence-electron chi connectivity index (χ0n) is 20.1. The summed E-state index contributed by atoms with van der Waals surface area (Å²) in [5.41, 5.74) is 1.84. The Morgan fingerprint density at radius 3 is 2.03 bits per heavy atom. The SMILES string of the molecule is CN1CCN(C(=O)c2ccc(NC(=O)[C@@H](Cc3ccccc3)NS(=O)(=O)c3ccccc3)cc2)CC1. The molecule has 3 aromatic rings. The van der Waals surface area contributed by atoms with Crippen LogP contribution in [0.25, 0.3) is 0 Å². The number of rotatable bonds is 8. The second-order valence-electron chi connectivity index (χ2n) is 8.84. The minimum absolute atomic E-state index is 0.0430. The minimum atomic E-state index is -3.92. The standard InChI is InChI=1S/C27H30N4O4S/c1-30-16-18-31(19-17-30)27(33)22-12-14-23(15-13-22)28-26(32)25(20-21-8-4-2-5-9-21)29-36(34,35)24-10-6-3-7-11-24/h2-15,25,29H,16-20H2,1H3,(H,28,32)/t25-/m1/s1. The number of nitrogens with one attached hydrogen (secondary N) is 2. The molecule has 1 heterocycles. The molecule has 8 nitrogen and oxygen atoms in total. The van der Waals surface area contributed by atoms with Gasteiger partial charge in [-0.2, -0.15) is 4.72 Å². The smallest absolute Gasteiger partial charge is 0.253 e. The number of likely N-dealkylation sites (N-methyl/N-ethyl adjacent to an activating group) is 1. The van der Waals surface area contributed by atoms with Gasteiger partial charge in [0, 0.05) is 37.4 Å². The zero-order valence-corrected chi connectivity index (χ0v) is 20.9. The quantitative estimate of drug-likeness (QED) is 0.489. The highest BCUT2D eigenvalue weighted by atomic mass is 32.2. The number of carbonyl (C=O) groups is 2. The maximum absolute atomic E-state index is 13.2. The number of nitrogens with zero attached hydrogens (tertiary/aromatic N) is 2. The first-order valence-corrected chi connectivity index (χ1v) is 13.3. The number of sulfonamides is 1. The Labute approximate surface area is 212 Å². The lowest BCUT2D eigenvalue weighted by atomic mass is 10.1. The molecule has 2 amide bonds. The summed E-state index contributed by atoms with van der Waals surface area (Å²) in [5.74, 6) is -0.532. The molecule has 188 valence electrons. The van der Waals surface area contributed by atoms with Crippen LogP contribution in [0.5, 0.6) is 0 Å². The van der Waals surface area contributed by atoms with Crippen molar-refractivity contribution in [1.29, 1.82) is 0 Å². The van der Waals surface area contributed by atoms with Gasteiger partial charge in [0.2, 0.25) is 15.9 Å². The number of anilines is 1. The van der Waals surface area contributed by atoms with Gasteiger partial charge in [-0.1, -0.05) is 48.5 Å². The second-order valence-corrected chi connectivity index (χ2v) is 10.6. The van der Waals surface area contributed by atoms with E-state index in [-0.39, 0.29) is 17.2 Å². The summed E-state index contributed by atoms with van der Waals surface area (Å²) in [4.78, 5) is 30.1. The molecule has 36 heavy (non-hydrogen) atoms. The van der Waals surface area contributed by atoms with Crippen LogP contribution >= 0.6 is 0 Å². The third-order valence-corrected chi connectivity index (χ3v) is 7.63. The Balaban J connectivity index is 1.47. The van der Waals surface area contributed by atoms with Crippen molar-refractivity contribution in [3.63, 3.8) is 0 Å². The third-order valence-electron chi connectivity index (χ3n) is 6.14. The van der Waals surface area contributed by atoms with E-state index in [4.69, 9.17) is 0 Å². The molecule has 1 aliphatic rings. The Morgan fingerprint density at radius 2 is 1.42 bits per heavy atom. The first-order chi connectivity index (χ1) is 17.3. The van der Waals surface area contributed by atoms with Gasteiger partial charge in [-0.05, 0) is 55.4 Å². The van der Waals surface area contributed by atoms with Crippen molar-refractivity contribution in [2.45, 2.75) is 17.4 Å². The molecule has 0 aromatic heterocycles. The molecule has 1 saturated heterocycles. The van der Waals surface area contributed by atoms with Gasteiger partial charge in [0.15, 0.2) is 0 Å². The number of piperazine rings is 1. The molecule has 0 radical (unpaired) electrons. The van der Waals surface area contributed by atoms with Gasteiger partial charge in [0.05, 0.1) is 4.90 Å². The van der Waals surface area contributed by atoms with E-state index in [1.165, 1.54) is 12.1 Å². The van der Waals surface area contributed by atoms with E-state index in [9.17, 15) is 18.0 Å². The number of benzene rings is 3. The highest BCUT2D eigenvalue weighted by molar-refractivity contribution is 7.89. The van der Waals surface area contributed by atoms with Crippen LogP contribution in [-0.4, -0.2) is 69.3 Å². The van der Waals surface area contributed by atoms with Crippen molar-refractivity contribution in [3.05, 3.63) is 96.1 Å². The molecule has 0 saturated carbocycles. The minimum Gasteiger partial charge on any atom is -0.336 e. The molecule has 4 rings (SSSR count). The fourth-order valence-electron chi connectivity index (χ4n) is 4.01. The molecule has 1 atom stereocenters. The fraction of sp³-hybridized carbons (Fsp3) is 0.259. The molecular formula is C27H30N4O4S. The van der Waals surface area contributed by atoms with Crippen LogP contribution in [0.2, 0.25) is 0 Å². The molecule has 9 heteroatoms. The highest BCUT2D eigenvalue weighted by Crippen LogP contribution is 2.16. The summed E-state index contributed by atoms with van der Waals surface area (Å²) in [5, 5.41) is 2.79. The number of amides is 2. The van der Waals surface area contributed by atoms with Gasteiger partial charge in [-0.25, -0.2) is 8.42 Å². The average molecular weight is 507 g/mol. The Kier molecular flexibility index (Phi) is 8.14. The Morgan fingerprint density at radius 1 is 0.833 bits per heavy atom. The Bertz CT molecular complexity index is 1270. The molecule has 0 unspecified atom stereocenters. The van der Waals surface area contributed by atoms with Gasteiger partial charge in [0.25, 0.3) is 5.91 Å². The maximum atomic E-state index is 13.2.